The number of piperazine rings is 1. The van der Waals surface area contributed by atoms with Crippen LogP contribution in [0, 0.1) is 0 Å². The van der Waals surface area contributed by atoms with E-state index in [2.05, 4.69) is 15.5 Å². The molecule has 1 amide bonds. The molecule has 1 saturated heterocycles. The predicted molar refractivity (Wildman–Crippen MR) is 85.2 cm³/mol. The van der Waals surface area contributed by atoms with Crippen LogP contribution in [0.1, 0.15) is 6.92 Å². The van der Waals surface area contributed by atoms with Crippen LogP contribution in [0.4, 0.5) is 5.69 Å². The number of hydrogen-bond acceptors (Lipinski definition) is 2. The van der Waals surface area contributed by atoms with E-state index in [9.17, 15) is 4.79 Å². The van der Waals surface area contributed by atoms with E-state index in [1.165, 1.54) is 0 Å². The fourth-order valence-electron chi connectivity index (χ4n) is 2.73. The number of halogens is 1. The highest BCUT2D eigenvalue weighted by Gasteiger charge is 2.21. The number of amides is 1. The van der Waals surface area contributed by atoms with Gasteiger partial charge in [-0.25, -0.2) is 0 Å². The summed E-state index contributed by atoms with van der Waals surface area (Å²) in [5.41, 5.74) is 2.22. The number of rotatable bonds is 2. The highest BCUT2D eigenvalue weighted by atomic mass is 35.5. The van der Waals surface area contributed by atoms with Crippen LogP contribution in [0.5, 0.6) is 0 Å². The first-order valence-electron chi connectivity index (χ1n) is 7.08. The summed E-state index contributed by atoms with van der Waals surface area (Å²) in [6.45, 7) is 4.85. The maximum Gasteiger partial charge on any atom is 0.219 e. The maximum atomic E-state index is 11.4. The van der Waals surface area contributed by atoms with E-state index in [0.717, 1.165) is 42.6 Å². The molecule has 2 aromatic rings. The van der Waals surface area contributed by atoms with Gasteiger partial charge in [0, 0.05) is 50.5 Å². The van der Waals surface area contributed by atoms with Crippen LogP contribution in [0.3, 0.4) is 0 Å². The first-order valence-corrected chi connectivity index (χ1v) is 7.46. The van der Waals surface area contributed by atoms with Crippen molar-refractivity contribution in [2.45, 2.75) is 6.92 Å². The molecule has 1 aromatic carbocycles. The topological polar surface area (TPSA) is 28.5 Å². The van der Waals surface area contributed by atoms with Gasteiger partial charge < -0.3 is 14.4 Å². The molecule has 2 heterocycles. The van der Waals surface area contributed by atoms with Gasteiger partial charge in [-0.1, -0.05) is 11.6 Å². The molecule has 1 aliphatic heterocycles. The standard InChI is InChI=1S/C16H18ClN3O/c1-13(21)18-8-10-20(11-9-18)15-5-4-14(17)12-16(15)19-6-2-3-7-19/h2-7,12H,8-11H2,1H3. The normalized spacial score (nSPS) is 15.3. The lowest BCUT2D eigenvalue weighted by atomic mass is 10.2. The Morgan fingerprint density at radius 2 is 1.71 bits per heavy atom. The highest BCUT2D eigenvalue weighted by molar-refractivity contribution is 6.30. The third-order valence-electron chi connectivity index (χ3n) is 3.89. The molecule has 4 nitrogen and oxygen atoms in total. The molecule has 5 heteroatoms. The summed E-state index contributed by atoms with van der Waals surface area (Å²) in [5, 5.41) is 0.727. The van der Waals surface area contributed by atoms with Gasteiger partial charge in [-0.15, -0.1) is 0 Å². The fraction of sp³-hybridized carbons (Fsp3) is 0.312. The van der Waals surface area contributed by atoms with Gasteiger partial charge in [-0.05, 0) is 30.3 Å². The molecule has 0 aliphatic carbocycles. The van der Waals surface area contributed by atoms with Crippen LogP contribution in [0.25, 0.3) is 5.69 Å². The van der Waals surface area contributed by atoms with Gasteiger partial charge in [0.2, 0.25) is 5.91 Å². The Kier molecular flexibility index (Phi) is 3.88. The predicted octanol–water partition coefficient (Wildman–Crippen LogP) is 2.80. The Morgan fingerprint density at radius 1 is 1.05 bits per heavy atom. The Balaban J connectivity index is 1.88. The third kappa shape index (κ3) is 2.90. The quantitative estimate of drug-likeness (QED) is 0.853. The summed E-state index contributed by atoms with van der Waals surface area (Å²) >= 11 is 6.15. The summed E-state index contributed by atoms with van der Waals surface area (Å²) in [5.74, 6) is 0.149. The van der Waals surface area contributed by atoms with Crippen molar-refractivity contribution in [1.82, 2.24) is 9.47 Å². The summed E-state index contributed by atoms with van der Waals surface area (Å²) in [7, 11) is 0. The number of aromatic nitrogens is 1. The van der Waals surface area contributed by atoms with Gasteiger partial charge in [0.15, 0.2) is 0 Å². The first-order chi connectivity index (χ1) is 10.1. The first kappa shape index (κ1) is 14.0. The van der Waals surface area contributed by atoms with Crippen LogP contribution >= 0.6 is 11.6 Å². The molecule has 1 aliphatic rings. The number of benzene rings is 1. The molecule has 1 fully saturated rings. The Hall–Kier alpha value is -1.94. The average molecular weight is 304 g/mol. The minimum atomic E-state index is 0.149. The van der Waals surface area contributed by atoms with Crippen molar-refractivity contribution in [3.8, 4) is 5.69 Å². The lowest BCUT2D eigenvalue weighted by molar-refractivity contribution is -0.129. The van der Waals surface area contributed by atoms with E-state index >= 15 is 0 Å². The van der Waals surface area contributed by atoms with E-state index in [1.54, 1.807) is 6.92 Å². The number of anilines is 1. The second-order valence-electron chi connectivity index (χ2n) is 5.22. The highest BCUT2D eigenvalue weighted by Crippen LogP contribution is 2.28. The number of carbonyl (C=O) groups is 1. The molecule has 0 bridgehead atoms. The van der Waals surface area contributed by atoms with Gasteiger partial charge in [0.05, 0.1) is 11.4 Å². The lowest BCUT2D eigenvalue weighted by Gasteiger charge is -2.36. The average Bonchev–Trinajstić information content (AvgIpc) is 3.01. The van der Waals surface area contributed by atoms with Crippen molar-refractivity contribution in [3.05, 3.63) is 47.7 Å². The van der Waals surface area contributed by atoms with E-state index in [4.69, 9.17) is 11.6 Å². The van der Waals surface area contributed by atoms with Crippen LogP contribution in [0.2, 0.25) is 5.02 Å². The number of hydrogen-bond donors (Lipinski definition) is 0. The summed E-state index contributed by atoms with van der Waals surface area (Å²) in [4.78, 5) is 15.6. The zero-order valence-corrected chi connectivity index (χ0v) is 12.8. The monoisotopic (exact) mass is 303 g/mol. The smallest absolute Gasteiger partial charge is 0.219 e. The molecule has 0 saturated carbocycles. The maximum absolute atomic E-state index is 11.4. The van der Waals surface area contributed by atoms with Gasteiger partial charge in [0.1, 0.15) is 0 Å². The summed E-state index contributed by atoms with van der Waals surface area (Å²) < 4.78 is 2.07. The molecule has 0 atom stereocenters. The SMILES string of the molecule is CC(=O)N1CCN(c2ccc(Cl)cc2-n2cccc2)CC1. The van der Waals surface area contributed by atoms with Gasteiger partial charge in [-0.2, -0.15) is 0 Å². The molecule has 3 rings (SSSR count). The zero-order chi connectivity index (χ0) is 14.8. The van der Waals surface area contributed by atoms with Crippen LogP contribution in [-0.4, -0.2) is 41.6 Å². The fourth-order valence-corrected chi connectivity index (χ4v) is 2.89. The van der Waals surface area contributed by atoms with E-state index < -0.39 is 0 Å². The number of nitrogens with zero attached hydrogens (tertiary/aromatic N) is 3. The molecule has 0 spiro atoms. The van der Waals surface area contributed by atoms with Crippen molar-refractivity contribution in [3.63, 3.8) is 0 Å². The third-order valence-corrected chi connectivity index (χ3v) is 4.12. The van der Waals surface area contributed by atoms with Gasteiger partial charge in [0.25, 0.3) is 0 Å². The minimum Gasteiger partial charge on any atom is -0.366 e. The lowest BCUT2D eigenvalue weighted by Crippen LogP contribution is -2.48. The molecular weight excluding hydrogens is 286 g/mol. The summed E-state index contributed by atoms with van der Waals surface area (Å²) in [6, 6.07) is 9.95. The minimum absolute atomic E-state index is 0.149. The van der Waals surface area contributed by atoms with Crippen LogP contribution in [-0.2, 0) is 4.79 Å². The second kappa shape index (κ2) is 5.82. The van der Waals surface area contributed by atoms with Crippen molar-refractivity contribution in [2.24, 2.45) is 0 Å². The summed E-state index contributed by atoms with van der Waals surface area (Å²) in [6.07, 6.45) is 4.03. The Bertz CT molecular complexity index is 631. The molecule has 1 aromatic heterocycles. The van der Waals surface area contributed by atoms with Gasteiger partial charge >= 0.3 is 0 Å². The molecule has 0 radical (unpaired) electrons. The Morgan fingerprint density at radius 3 is 2.33 bits per heavy atom. The van der Waals surface area contributed by atoms with E-state index in [-0.39, 0.29) is 5.91 Å². The van der Waals surface area contributed by atoms with Crippen LogP contribution in [0.15, 0.2) is 42.7 Å². The van der Waals surface area contributed by atoms with E-state index in [1.807, 2.05) is 41.6 Å². The molecule has 0 N–H and O–H groups in total. The molecule has 21 heavy (non-hydrogen) atoms. The van der Waals surface area contributed by atoms with E-state index in [0.29, 0.717) is 0 Å². The number of carbonyl (C=O) groups excluding carboxylic acids is 1. The molecule has 0 unspecified atom stereocenters. The second-order valence-corrected chi connectivity index (χ2v) is 5.65. The molecule has 110 valence electrons. The van der Waals surface area contributed by atoms with Gasteiger partial charge in [-0.3, -0.25) is 4.79 Å². The van der Waals surface area contributed by atoms with Crippen molar-refractivity contribution in [2.75, 3.05) is 31.1 Å². The van der Waals surface area contributed by atoms with Crippen molar-refractivity contribution in [1.29, 1.82) is 0 Å². The largest absolute Gasteiger partial charge is 0.366 e. The van der Waals surface area contributed by atoms with Crippen molar-refractivity contribution < 1.29 is 4.79 Å². The molecular formula is C16H18ClN3O. The Labute approximate surface area is 129 Å². The zero-order valence-electron chi connectivity index (χ0n) is 12.0. The van der Waals surface area contributed by atoms with Crippen LogP contribution < -0.4 is 4.90 Å². The van der Waals surface area contributed by atoms with Crippen molar-refractivity contribution >= 4 is 23.2 Å².